The van der Waals surface area contributed by atoms with Crippen LogP contribution in [0.1, 0.15) is 10.4 Å². The van der Waals surface area contributed by atoms with Crippen LogP contribution in [0.5, 0.6) is 5.75 Å². The third-order valence-corrected chi connectivity index (χ3v) is 3.14. The van der Waals surface area contributed by atoms with Gasteiger partial charge in [0.25, 0.3) is 17.5 Å². The lowest BCUT2D eigenvalue weighted by molar-refractivity contribution is -0.684. The number of ether oxygens (including phenoxy) is 1. The maximum atomic E-state index is 12.1. The highest BCUT2D eigenvalue weighted by Gasteiger charge is 2.16. The number of non-ortho nitro benzene ring substituents is 1. The number of hydrogen-bond acceptors (Lipinski definition) is 5. The van der Waals surface area contributed by atoms with Gasteiger partial charge in [-0.15, -0.1) is 0 Å². The summed E-state index contributed by atoms with van der Waals surface area (Å²) in [4.78, 5) is 33.5. The highest BCUT2D eigenvalue weighted by atomic mass is 16.6. The number of methoxy groups -OCH3 is 1. The normalized spacial score (nSPS) is 10.0. The molecule has 1 aromatic heterocycles. The van der Waals surface area contributed by atoms with Crippen LogP contribution in [-0.4, -0.2) is 23.8 Å². The van der Waals surface area contributed by atoms with Gasteiger partial charge in [-0.1, -0.05) is 0 Å². The second-order valence-corrected chi connectivity index (χ2v) is 4.82. The third-order valence-electron chi connectivity index (χ3n) is 3.14. The number of anilines is 1. The lowest BCUT2D eigenvalue weighted by Crippen LogP contribution is -2.40. The Morgan fingerprint density at radius 3 is 2.75 bits per heavy atom. The molecular formula is C15H15N4O5+. The van der Waals surface area contributed by atoms with Crippen molar-refractivity contribution < 1.29 is 23.8 Å². The molecule has 2 aromatic rings. The molecule has 0 bridgehead atoms. The summed E-state index contributed by atoms with van der Waals surface area (Å²) in [6, 6.07) is 7.00. The summed E-state index contributed by atoms with van der Waals surface area (Å²) >= 11 is 0. The first kappa shape index (κ1) is 16.9. The van der Waals surface area contributed by atoms with E-state index in [2.05, 4.69) is 5.32 Å². The number of carbonyl (C=O) groups is 2. The van der Waals surface area contributed by atoms with Crippen LogP contribution >= 0.6 is 0 Å². The van der Waals surface area contributed by atoms with E-state index in [1.807, 2.05) is 0 Å². The van der Waals surface area contributed by atoms with Gasteiger partial charge in [-0.3, -0.25) is 19.7 Å². The molecule has 3 N–H and O–H groups in total. The van der Waals surface area contributed by atoms with Crippen molar-refractivity contribution in [2.75, 3.05) is 12.4 Å². The molecule has 9 nitrogen and oxygen atoms in total. The van der Waals surface area contributed by atoms with E-state index < -0.39 is 16.7 Å². The number of primary amides is 1. The van der Waals surface area contributed by atoms with E-state index in [0.29, 0.717) is 5.75 Å². The zero-order valence-corrected chi connectivity index (χ0v) is 12.8. The van der Waals surface area contributed by atoms with Crippen LogP contribution in [0.25, 0.3) is 0 Å². The Kier molecular flexibility index (Phi) is 5.05. The second-order valence-electron chi connectivity index (χ2n) is 4.82. The second kappa shape index (κ2) is 7.18. The zero-order valence-electron chi connectivity index (χ0n) is 12.8. The minimum Gasteiger partial charge on any atom is -0.495 e. The zero-order chi connectivity index (χ0) is 17.7. The summed E-state index contributed by atoms with van der Waals surface area (Å²) in [7, 11) is 1.39. The molecule has 0 radical (unpaired) electrons. The van der Waals surface area contributed by atoms with Crippen molar-refractivity contribution >= 4 is 23.2 Å². The quantitative estimate of drug-likeness (QED) is 0.456. The van der Waals surface area contributed by atoms with Gasteiger partial charge in [0.2, 0.25) is 6.54 Å². The Hall–Kier alpha value is -3.49. The van der Waals surface area contributed by atoms with Crippen molar-refractivity contribution in [2.24, 2.45) is 5.73 Å². The number of nitro benzene ring substituents is 1. The number of hydrogen-bond donors (Lipinski definition) is 2. The van der Waals surface area contributed by atoms with Crippen molar-refractivity contribution in [1.29, 1.82) is 0 Å². The molecule has 0 fully saturated rings. The van der Waals surface area contributed by atoms with Crippen LogP contribution < -0.4 is 20.4 Å². The Labute approximate surface area is 136 Å². The Bertz CT molecular complexity index is 806. The monoisotopic (exact) mass is 331 g/mol. The van der Waals surface area contributed by atoms with Crippen LogP contribution in [0.3, 0.4) is 0 Å². The fraction of sp³-hybridized carbons (Fsp3) is 0.133. The largest absolute Gasteiger partial charge is 0.495 e. The van der Waals surface area contributed by atoms with Gasteiger partial charge < -0.3 is 15.8 Å². The van der Waals surface area contributed by atoms with Crippen LogP contribution in [-0.2, 0) is 11.3 Å². The van der Waals surface area contributed by atoms with E-state index in [9.17, 15) is 19.7 Å². The number of amides is 2. The first-order valence-corrected chi connectivity index (χ1v) is 6.82. The Morgan fingerprint density at radius 1 is 1.38 bits per heavy atom. The summed E-state index contributed by atoms with van der Waals surface area (Å²) in [5, 5.41) is 13.4. The first-order valence-electron chi connectivity index (χ1n) is 6.82. The van der Waals surface area contributed by atoms with E-state index >= 15 is 0 Å². The molecule has 0 saturated heterocycles. The van der Waals surface area contributed by atoms with Gasteiger partial charge in [0.05, 0.1) is 17.7 Å². The number of nitrogens with one attached hydrogen (secondary N) is 1. The lowest BCUT2D eigenvalue weighted by Gasteiger charge is -2.08. The van der Waals surface area contributed by atoms with Crippen LogP contribution in [0, 0.1) is 10.1 Å². The standard InChI is InChI=1S/C15H14N4O5/c1-24-13-5-4-11(19(22)23)7-12(13)17-14(20)9-18-6-2-3-10(8-18)15(16)21/h2-8H,9H2,1H3,(H2-,16,17,20,21)/p+1. The van der Waals surface area contributed by atoms with E-state index in [1.165, 1.54) is 42.1 Å². The predicted octanol–water partition coefficient (Wildman–Crippen LogP) is 0.628. The van der Waals surface area contributed by atoms with Crippen molar-refractivity contribution in [2.45, 2.75) is 6.54 Å². The lowest BCUT2D eigenvalue weighted by atomic mass is 10.2. The number of nitro groups is 1. The van der Waals surface area contributed by atoms with Gasteiger partial charge >= 0.3 is 0 Å². The Morgan fingerprint density at radius 2 is 2.12 bits per heavy atom. The highest BCUT2D eigenvalue weighted by Crippen LogP contribution is 2.28. The molecule has 2 amide bonds. The Balaban J connectivity index is 2.17. The number of nitrogens with two attached hydrogens (primary N) is 1. The molecule has 0 saturated carbocycles. The molecule has 0 unspecified atom stereocenters. The topological polar surface area (TPSA) is 128 Å². The molecule has 124 valence electrons. The average molecular weight is 331 g/mol. The van der Waals surface area contributed by atoms with Crippen LogP contribution in [0.2, 0.25) is 0 Å². The molecule has 24 heavy (non-hydrogen) atoms. The van der Waals surface area contributed by atoms with E-state index in [1.54, 1.807) is 12.3 Å². The molecule has 1 aromatic carbocycles. The van der Waals surface area contributed by atoms with Gasteiger partial charge in [0, 0.05) is 18.2 Å². The number of benzene rings is 1. The van der Waals surface area contributed by atoms with Crippen molar-refractivity contribution in [3.63, 3.8) is 0 Å². The molecule has 0 aliphatic rings. The molecule has 1 heterocycles. The maximum Gasteiger partial charge on any atom is 0.290 e. The molecule has 9 heteroatoms. The number of nitrogens with zero attached hydrogens (tertiary/aromatic N) is 2. The molecule has 2 rings (SSSR count). The van der Waals surface area contributed by atoms with Crippen molar-refractivity contribution in [3.8, 4) is 5.75 Å². The van der Waals surface area contributed by atoms with Crippen molar-refractivity contribution in [3.05, 3.63) is 58.4 Å². The average Bonchev–Trinajstić information content (AvgIpc) is 2.54. The van der Waals surface area contributed by atoms with Crippen LogP contribution in [0.15, 0.2) is 42.7 Å². The van der Waals surface area contributed by atoms with Crippen molar-refractivity contribution in [1.82, 2.24) is 0 Å². The SMILES string of the molecule is COc1ccc([N+](=O)[O-])cc1NC(=O)C[n+]1cccc(C(N)=O)c1. The van der Waals surface area contributed by atoms with Gasteiger partial charge in [0.1, 0.15) is 11.3 Å². The molecule has 0 aliphatic carbocycles. The predicted molar refractivity (Wildman–Crippen MR) is 83.4 cm³/mol. The fourth-order valence-corrected chi connectivity index (χ4v) is 2.03. The highest BCUT2D eigenvalue weighted by molar-refractivity contribution is 5.93. The van der Waals surface area contributed by atoms with Gasteiger partial charge in [0.15, 0.2) is 12.4 Å². The van der Waals surface area contributed by atoms with E-state index in [4.69, 9.17) is 10.5 Å². The first-order chi connectivity index (χ1) is 11.4. The molecular weight excluding hydrogens is 316 g/mol. The number of rotatable bonds is 6. The minimum atomic E-state index is -0.606. The summed E-state index contributed by atoms with van der Waals surface area (Å²) in [5.74, 6) is -0.754. The smallest absolute Gasteiger partial charge is 0.290 e. The van der Waals surface area contributed by atoms with E-state index in [-0.39, 0.29) is 23.5 Å². The van der Waals surface area contributed by atoms with Gasteiger partial charge in [-0.05, 0) is 12.1 Å². The maximum absolute atomic E-state index is 12.1. The van der Waals surface area contributed by atoms with Gasteiger partial charge in [-0.2, -0.15) is 4.57 Å². The number of aromatic nitrogens is 1. The number of pyridine rings is 1. The molecule has 0 spiro atoms. The van der Waals surface area contributed by atoms with Gasteiger partial charge in [-0.25, -0.2) is 0 Å². The number of carbonyl (C=O) groups excluding carboxylic acids is 2. The molecule has 0 atom stereocenters. The third kappa shape index (κ3) is 4.03. The molecule has 0 aliphatic heterocycles. The van der Waals surface area contributed by atoms with E-state index in [0.717, 1.165) is 0 Å². The fourth-order valence-electron chi connectivity index (χ4n) is 2.03. The summed E-state index contributed by atoms with van der Waals surface area (Å²) in [5.41, 5.74) is 5.46. The van der Waals surface area contributed by atoms with Crippen LogP contribution in [0.4, 0.5) is 11.4 Å². The summed E-state index contributed by atoms with van der Waals surface area (Å²) in [6.07, 6.45) is 3.03. The summed E-state index contributed by atoms with van der Waals surface area (Å²) in [6.45, 7) is -0.104. The summed E-state index contributed by atoms with van der Waals surface area (Å²) < 4.78 is 6.55. The minimum absolute atomic E-state index is 0.104.